The average Bonchev–Trinajstić information content (AvgIpc) is 1.99. The summed E-state index contributed by atoms with van der Waals surface area (Å²) in [7, 11) is -2.00. The first kappa shape index (κ1) is 14.8. The van der Waals surface area contributed by atoms with Gasteiger partial charge in [0.15, 0.2) is 0 Å². The second-order valence-corrected chi connectivity index (χ2v) is 7.86. The minimum absolute atomic E-state index is 0. The molecule has 0 saturated heterocycles. The Balaban J connectivity index is 0. The van der Waals surface area contributed by atoms with Crippen LogP contribution >= 0.6 is 0 Å². The quantitative estimate of drug-likeness (QED) is 0.465. The molecule has 0 aliphatic rings. The summed E-state index contributed by atoms with van der Waals surface area (Å²) < 4.78 is 5.19. The van der Waals surface area contributed by atoms with E-state index >= 15 is 0 Å². The van der Waals surface area contributed by atoms with E-state index in [1.54, 1.807) is 17.9 Å². The summed E-state index contributed by atoms with van der Waals surface area (Å²) in [5.41, 5.74) is 0. The number of rotatable bonds is 2. The first-order chi connectivity index (χ1) is 5.39. The van der Waals surface area contributed by atoms with E-state index in [1.807, 2.05) is 19.6 Å². The molecule has 13 heavy (non-hydrogen) atoms. The maximum Gasteiger partial charge on any atom is 1.00 e. The van der Waals surface area contributed by atoms with Gasteiger partial charge in [0.2, 0.25) is 0 Å². The van der Waals surface area contributed by atoms with Crippen molar-refractivity contribution in [2.45, 2.75) is 19.6 Å². The maximum absolute atomic E-state index is 8.57. The molecule has 0 aliphatic carbocycles. The van der Waals surface area contributed by atoms with Crippen LogP contribution in [0.3, 0.4) is 0 Å². The molecule has 0 spiro atoms. The fourth-order valence-corrected chi connectivity index (χ4v) is 1.91. The van der Waals surface area contributed by atoms with Crippen LogP contribution < -0.4 is 18.9 Å². The van der Waals surface area contributed by atoms with E-state index in [0.717, 1.165) is 0 Å². The molecule has 0 heterocycles. The molecule has 4 nitrogen and oxygen atoms in total. The fourth-order valence-electron chi connectivity index (χ4n) is 0.696. The van der Waals surface area contributed by atoms with Crippen molar-refractivity contribution in [1.82, 2.24) is 0 Å². The van der Waals surface area contributed by atoms with Crippen LogP contribution in [0.2, 0.25) is 19.6 Å². The molecule has 0 aliphatic heterocycles. The van der Waals surface area contributed by atoms with Crippen molar-refractivity contribution in [2.75, 3.05) is 0 Å². The molecule has 0 N–H and O–H groups in total. The molecule has 0 radical (unpaired) electrons. The first-order valence-electron chi connectivity index (χ1n) is 3.48. The van der Waals surface area contributed by atoms with Gasteiger partial charge in [-0.2, -0.15) is 0 Å². The van der Waals surface area contributed by atoms with Crippen molar-refractivity contribution in [3.8, 4) is 17.9 Å². The number of hydrogen-bond acceptors (Lipinski definition) is 4. The number of hydrogen-bond donors (Lipinski definition) is 0. The molecular weight excluding hydrogens is 176 g/mol. The van der Waals surface area contributed by atoms with E-state index in [9.17, 15) is 0 Å². The van der Waals surface area contributed by atoms with Crippen LogP contribution in [-0.4, -0.2) is 14.7 Å². The molecular formula is C6H9BLiN3OSi. The molecule has 7 heteroatoms. The molecule has 0 fully saturated rings. The Morgan fingerprint density at radius 3 is 1.38 bits per heavy atom. The van der Waals surface area contributed by atoms with Gasteiger partial charge in [-0.3, -0.25) is 0 Å². The standard InChI is InChI=1S/C6H9BN3OSi.Li/c1-12(2,3)11-7(4-8,5-9)6-10;/h1-3H3;/q-1;+1. The first-order valence-corrected chi connectivity index (χ1v) is 6.88. The van der Waals surface area contributed by atoms with E-state index in [1.165, 1.54) is 0 Å². The Morgan fingerprint density at radius 2 is 1.31 bits per heavy atom. The van der Waals surface area contributed by atoms with Gasteiger partial charge in [-0.05, 0) is 19.6 Å². The van der Waals surface area contributed by atoms with Gasteiger partial charge in [0.25, 0.3) is 0 Å². The summed E-state index contributed by atoms with van der Waals surface area (Å²) in [6, 6.07) is 0. The topological polar surface area (TPSA) is 80.6 Å². The molecule has 0 rings (SSSR count). The zero-order valence-corrected chi connectivity index (χ0v) is 9.33. The molecule has 0 aromatic carbocycles. The van der Waals surface area contributed by atoms with E-state index in [4.69, 9.17) is 20.1 Å². The third kappa shape index (κ3) is 4.79. The molecule has 0 aromatic rings. The zero-order chi connectivity index (χ0) is 9.83. The molecule has 0 saturated carbocycles. The zero-order valence-electron chi connectivity index (χ0n) is 8.33. The van der Waals surface area contributed by atoms with Gasteiger partial charge in [-0.25, -0.2) is 15.8 Å². The van der Waals surface area contributed by atoms with Crippen molar-refractivity contribution < 1.29 is 23.2 Å². The minimum Gasteiger partial charge on any atom is -0.602 e. The van der Waals surface area contributed by atoms with Gasteiger partial charge in [-0.15, -0.1) is 0 Å². The molecule has 62 valence electrons. The molecule has 0 atom stereocenters. The molecule has 0 amide bonds. The van der Waals surface area contributed by atoms with Gasteiger partial charge in [-0.1, -0.05) is 17.9 Å². The summed E-state index contributed by atoms with van der Waals surface area (Å²) in [6.45, 7) is 5.49. The normalized spacial score (nSPS) is 10.2. The Bertz CT molecular complexity index is 259. The molecule has 0 aromatic heterocycles. The predicted octanol–water partition coefficient (Wildman–Crippen LogP) is -2.02. The Kier molecular flexibility index (Phi) is 5.84. The Morgan fingerprint density at radius 1 is 1.00 bits per heavy atom. The van der Waals surface area contributed by atoms with E-state index in [2.05, 4.69) is 0 Å². The van der Waals surface area contributed by atoms with Crippen LogP contribution in [0.1, 0.15) is 0 Å². The predicted molar refractivity (Wildman–Crippen MR) is 47.0 cm³/mol. The summed E-state index contributed by atoms with van der Waals surface area (Å²) in [4.78, 5) is 0. The smallest absolute Gasteiger partial charge is 0.602 e. The van der Waals surface area contributed by atoms with Gasteiger partial charge in [0.1, 0.15) is 8.32 Å². The second-order valence-electron chi connectivity index (χ2n) is 3.40. The van der Waals surface area contributed by atoms with Crippen LogP contribution in [0.15, 0.2) is 0 Å². The minimum atomic E-state index is -2.57. The van der Waals surface area contributed by atoms with Gasteiger partial charge in [0, 0.05) is 0 Å². The van der Waals surface area contributed by atoms with Crippen molar-refractivity contribution in [1.29, 1.82) is 15.8 Å². The van der Waals surface area contributed by atoms with Crippen LogP contribution in [0.25, 0.3) is 0 Å². The van der Waals surface area contributed by atoms with E-state index < -0.39 is 14.7 Å². The van der Waals surface area contributed by atoms with Crippen LogP contribution in [0.4, 0.5) is 0 Å². The SMILES string of the molecule is C[Si](C)(C)O[B-](C#N)(C#N)C#N.[Li+]. The van der Waals surface area contributed by atoms with Crippen LogP contribution in [0.5, 0.6) is 0 Å². The third-order valence-corrected chi connectivity index (χ3v) is 2.14. The Labute approximate surface area is 91.4 Å². The van der Waals surface area contributed by atoms with Gasteiger partial charge < -0.3 is 4.34 Å². The second kappa shape index (κ2) is 5.13. The van der Waals surface area contributed by atoms with E-state index in [-0.39, 0.29) is 18.9 Å². The van der Waals surface area contributed by atoms with Gasteiger partial charge >= 0.3 is 25.2 Å². The summed E-state index contributed by atoms with van der Waals surface area (Å²) in [5.74, 6) is 4.87. The third-order valence-electron chi connectivity index (χ3n) is 1.08. The van der Waals surface area contributed by atoms with Crippen molar-refractivity contribution in [3.63, 3.8) is 0 Å². The summed E-state index contributed by atoms with van der Waals surface area (Å²) >= 11 is 0. The summed E-state index contributed by atoms with van der Waals surface area (Å²) in [5, 5.41) is 25.7. The summed E-state index contributed by atoms with van der Waals surface area (Å²) in [6.07, 6.45) is -2.57. The van der Waals surface area contributed by atoms with Gasteiger partial charge in [0.05, 0.1) is 0 Å². The number of nitrogens with zero attached hydrogens (tertiary/aromatic N) is 3. The van der Waals surface area contributed by atoms with Crippen LogP contribution in [-0.2, 0) is 4.34 Å². The average molecular weight is 185 g/mol. The number of nitriles is 3. The molecule has 0 unspecified atom stereocenters. The van der Waals surface area contributed by atoms with Crippen molar-refractivity contribution in [3.05, 3.63) is 0 Å². The van der Waals surface area contributed by atoms with Crippen molar-refractivity contribution in [2.24, 2.45) is 0 Å². The van der Waals surface area contributed by atoms with E-state index in [0.29, 0.717) is 0 Å². The Hall–Kier alpha value is -0.691. The maximum atomic E-state index is 8.57. The fraction of sp³-hybridized carbons (Fsp3) is 0.500. The largest absolute Gasteiger partial charge is 1.00 e. The monoisotopic (exact) mass is 185 g/mol. The molecule has 0 bridgehead atoms. The van der Waals surface area contributed by atoms with Crippen LogP contribution in [0, 0.1) is 33.7 Å². The van der Waals surface area contributed by atoms with Crippen molar-refractivity contribution >= 4 is 14.7 Å².